The SMILES string of the molecule is C=CCn1c(=NC(=O)c2cccc(NS(=O)(=O)c3ccc(C)cc3)c2)sc2cc(Cl)ccc21. The lowest BCUT2D eigenvalue weighted by Crippen LogP contribution is -2.16. The monoisotopic (exact) mass is 497 g/mol. The molecule has 4 aromatic rings. The predicted molar refractivity (Wildman–Crippen MR) is 133 cm³/mol. The van der Waals surface area contributed by atoms with E-state index in [1.54, 1.807) is 42.5 Å². The van der Waals surface area contributed by atoms with Crippen LogP contribution in [-0.4, -0.2) is 18.9 Å². The molecule has 0 bridgehead atoms. The molecule has 9 heteroatoms. The Bertz CT molecular complexity index is 1540. The zero-order valence-corrected chi connectivity index (χ0v) is 20.0. The highest BCUT2D eigenvalue weighted by atomic mass is 35.5. The molecule has 4 rings (SSSR count). The second-order valence-corrected chi connectivity index (χ2v) is 10.4. The first-order valence-corrected chi connectivity index (χ1v) is 12.6. The van der Waals surface area contributed by atoms with Gasteiger partial charge in [0.25, 0.3) is 15.9 Å². The van der Waals surface area contributed by atoms with E-state index in [1.807, 2.05) is 23.6 Å². The molecule has 168 valence electrons. The standard InChI is InChI=1S/C24H20ClN3O3S2/c1-3-13-28-21-12-9-18(25)15-22(21)32-24(28)26-23(29)17-5-4-6-19(14-17)27-33(30,31)20-10-7-16(2)8-11-20/h3-12,14-15,27H,1,13H2,2H3. The number of nitrogens with zero attached hydrogens (tertiary/aromatic N) is 2. The maximum atomic E-state index is 12.9. The Morgan fingerprint density at radius 3 is 2.64 bits per heavy atom. The van der Waals surface area contributed by atoms with Gasteiger partial charge in [0.1, 0.15) is 0 Å². The molecule has 3 aromatic carbocycles. The smallest absolute Gasteiger partial charge is 0.279 e. The molecule has 1 aromatic heterocycles. The van der Waals surface area contributed by atoms with Crippen molar-refractivity contribution in [2.24, 2.45) is 4.99 Å². The van der Waals surface area contributed by atoms with Crippen LogP contribution in [0.15, 0.2) is 89.3 Å². The summed E-state index contributed by atoms with van der Waals surface area (Å²) in [4.78, 5) is 17.9. The number of nitrogens with one attached hydrogen (secondary N) is 1. The Labute approximate surface area is 200 Å². The van der Waals surface area contributed by atoms with Crippen LogP contribution in [0.5, 0.6) is 0 Å². The van der Waals surface area contributed by atoms with Gasteiger partial charge in [0.05, 0.1) is 15.1 Å². The van der Waals surface area contributed by atoms with Crippen LogP contribution in [-0.2, 0) is 16.6 Å². The van der Waals surface area contributed by atoms with E-state index in [2.05, 4.69) is 16.3 Å². The van der Waals surface area contributed by atoms with E-state index >= 15 is 0 Å². The molecule has 0 aliphatic carbocycles. The van der Waals surface area contributed by atoms with Crippen LogP contribution >= 0.6 is 22.9 Å². The summed E-state index contributed by atoms with van der Waals surface area (Å²) >= 11 is 7.45. The lowest BCUT2D eigenvalue weighted by atomic mass is 10.2. The van der Waals surface area contributed by atoms with Crippen LogP contribution in [0.4, 0.5) is 5.69 Å². The fraction of sp³-hybridized carbons (Fsp3) is 0.0833. The number of sulfonamides is 1. The molecule has 0 radical (unpaired) electrons. The van der Waals surface area contributed by atoms with Crippen molar-refractivity contribution in [2.45, 2.75) is 18.4 Å². The average molecular weight is 498 g/mol. The van der Waals surface area contributed by atoms with Crippen molar-refractivity contribution in [3.8, 4) is 0 Å². The molecule has 0 fully saturated rings. The molecule has 6 nitrogen and oxygen atoms in total. The number of rotatable bonds is 6. The molecule has 0 spiro atoms. The minimum absolute atomic E-state index is 0.143. The van der Waals surface area contributed by atoms with Gasteiger partial charge in [-0.1, -0.05) is 52.8 Å². The van der Waals surface area contributed by atoms with Crippen LogP contribution in [0.2, 0.25) is 5.02 Å². The topological polar surface area (TPSA) is 80.5 Å². The summed E-state index contributed by atoms with van der Waals surface area (Å²) in [6.07, 6.45) is 1.73. The lowest BCUT2D eigenvalue weighted by Gasteiger charge is -2.09. The minimum Gasteiger partial charge on any atom is -0.312 e. The Morgan fingerprint density at radius 2 is 1.91 bits per heavy atom. The fourth-order valence-electron chi connectivity index (χ4n) is 3.24. The Morgan fingerprint density at radius 1 is 1.15 bits per heavy atom. The van der Waals surface area contributed by atoms with Crippen LogP contribution < -0.4 is 9.52 Å². The van der Waals surface area contributed by atoms with Crippen LogP contribution in [0.25, 0.3) is 10.2 Å². The Kier molecular flexibility index (Phi) is 6.51. The van der Waals surface area contributed by atoms with Gasteiger partial charge in [-0.15, -0.1) is 6.58 Å². The van der Waals surface area contributed by atoms with Gasteiger partial charge in [0.15, 0.2) is 4.80 Å². The first kappa shape index (κ1) is 23.0. The van der Waals surface area contributed by atoms with E-state index in [4.69, 9.17) is 11.6 Å². The summed E-state index contributed by atoms with van der Waals surface area (Å²) in [5, 5.41) is 0.598. The normalized spacial score (nSPS) is 12.1. The summed E-state index contributed by atoms with van der Waals surface area (Å²) in [7, 11) is -3.78. The van der Waals surface area contributed by atoms with Crippen LogP contribution in [0.3, 0.4) is 0 Å². The maximum absolute atomic E-state index is 12.9. The first-order chi connectivity index (χ1) is 15.8. The number of thiazole rings is 1. The minimum atomic E-state index is -3.78. The van der Waals surface area contributed by atoms with Gasteiger partial charge in [0, 0.05) is 22.8 Å². The number of amides is 1. The number of benzene rings is 3. The van der Waals surface area contributed by atoms with Crippen molar-refractivity contribution in [1.82, 2.24) is 4.57 Å². The predicted octanol–water partition coefficient (Wildman–Crippen LogP) is 5.39. The third-order valence-electron chi connectivity index (χ3n) is 4.85. The Hall–Kier alpha value is -3.20. The fourth-order valence-corrected chi connectivity index (χ4v) is 5.60. The van der Waals surface area contributed by atoms with E-state index in [0.717, 1.165) is 15.8 Å². The van der Waals surface area contributed by atoms with Crippen molar-refractivity contribution in [3.63, 3.8) is 0 Å². The quantitative estimate of drug-likeness (QED) is 0.362. The number of hydrogen-bond donors (Lipinski definition) is 1. The van der Waals surface area contributed by atoms with Crippen molar-refractivity contribution in [1.29, 1.82) is 0 Å². The van der Waals surface area contributed by atoms with E-state index < -0.39 is 15.9 Å². The third-order valence-corrected chi connectivity index (χ3v) is 7.52. The molecule has 1 N–H and O–H groups in total. The van der Waals surface area contributed by atoms with E-state index in [-0.39, 0.29) is 16.1 Å². The number of fused-ring (bicyclic) bond motifs is 1. The molecule has 0 aliphatic rings. The van der Waals surface area contributed by atoms with Crippen molar-refractivity contribution < 1.29 is 13.2 Å². The number of aromatic nitrogens is 1. The van der Waals surface area contributed by atoms with Gasteiger partial charge in [0.2, 0.25) is 0 Å². The average Bonchev–Trinajstić information content (AvgIpc) is 3.10. The molecule has 33 heavy (non-hydrogen) atoms. The second kappa shape index (κ2) is 9.35. The van der Waals surface area contributed by atoms with Gasteiger partial charge in [-0.05, 0) is 55.5 Å². The van der Waals surface area contributed by atoms with E-state index in [0.29, 0.717) is 16.4 Å². The number of carbonyl (C=O) groups excluding carboxylic acids is 1. The molecular weight excluding hydrogens is 478 g/mol. The van der Waals surface area contributed by atoms with Gasteiger partial charge >= 0.3 is 0 Å². The molecule has 1 amide bonds. The highest BCUT2D eigenvalue weighted by Gasteiger charge is 2.15. The van der Waals surface area contributed by atoms with Crippen LogP contribution in [0, 0.1) is 6.92 Å². The molecule has 0 saturated heterocycles. The summed E-state index contributed by atoms with van der Waals surface area (Å²) in [5.74, 6) is -0.484. The van der Waals surface area contributed by atoms with Gasteiger partial charge < -0.3 is 4.57 Å². The largest absolute Gasteiger partial charge is 0.312 e. The Balaban J connectivity index is 1.67. The van der Waals surface area contributed by atoms with E-state index in [9.17, 15) is 13.2 Å². The first-order valence-electron chi connectivity index (χ1n) is 9.95. The summed E-state index contributed by atoms with van der Waals surface area (Å²) < 4.78 is 30.7. The van der Waals surface area contributed by atoms with Gasteiger partial charge in [-0.3, -0.25) is 9.52 Å². The number of halogens is 1. The zero-order valence-electron chi connectivity index (χ0n) is 17.7. The number of hydrogen-bond acceptors (Lipinski definition) is 4. The number of anilines is 1. The second-order valence-electron chi connectivity index (χ2n) is 7.31. The number of allylic oxidation sites excluding steroid dienone is 1. The summed E-state index contributed by atoms with van der Waals surface area (Å²) in [6, 6.07) is 18.3. The lowest BCUT2D eigenvalue weighted by molar-refractivity contribution is 0.0998. The zero-order chi connectivity index (χ0) is 23.6. The highest BCUT2D eigenvalue weighted by molar-refractivity contribution is 7.92. The highest BCUT2D eigenvalue weighted by Crippen LogP contribution is 2.22. The summed E-state index contributed by atoms with van der Waals surface area (Å²) in [6.45, 7) is 6.14. The van der Waals surface area contributed by atoms with Crippen LogP contribution in [0.1, 0.15) is 15.9 Å². The van der Waals surface area contributed by atoms with Crippen molar-refractivity contribution in [3.05, 3.63) is 100 Å². The molecule has 0 aliphatic heterocycles. The summed E-state index contributed by atoms with van der Waals surface area (Å²) in [5.41, 5.74) is 2.40. The van der Waals surface area contributed by atoms with Gasteiger partial charge in [-0.25, -0.2) is 8.42 Å². The van der Waals surface area contributed by atoms with Crippen molar-refractivity contribution in [2.75, 3.05) is 4.72 Å². The maximum Gasteiger partial charge on any atom is 0.279 e. The molecule has 0 unspecified atom stereocenters. The number of aryl methyl sites for hydroxylation is 1. The molecule has 1 heterocycles. The molecular formula is C24H20ClN3O3S2. The third kappa shape index (κ3) is 5.08. The number of carbonyl (C=O) groups is 1. The van der Waals surface area contributed by atoms with E-state index in [1.165, 1.54) is 29.5 Å². The molecule has 0 saturated carbocycles. The molecule has 0 atom stereocenters. The van der Waals surface area contributed by atoms with Crippen molar-refractivity contribution >= 4 is 54.8 Å². The van der Waals surface area contributed by atoms with Gasteiger partial charge in [-0.2, -0.15) is 4.99 Å².